The Labute approximate surface area is 175 Å². The van der Waals surface area contributed by atoms with Crippen LogP contribution < -0.4 is 4.74 Å². The predicted octanol–water partition coefficient (Wildman–Crippen LogP) is 4.79. The molecule has 0 amide bonds. The van der Waals surface area contributed by atoms with Gasteiger partial charge >= 0.3 is 5.97 Å². The van der Waals surface area contributed by atoms with E-state index in [4.69, 9.17) is 26.2 Å². The van der Waals surface area contributed by atoms with Gasteiger partial charge < -0.3 is 14.6 Å². The highest BCUT2D eigenvalue weighted by atomic mass is 35.5. The van der Waals surface area contributed by atoms with E-state index in [2.05, 4.69) is 11.8 Å². The maximum Gasteiger partial charge on any atom is 0.341 e. The minimum atomic E-state index is -3.09. The first-order chi connectivity index (χ1) is 13.6. The number of methoxy groups -OCH3 is 1. The van der Waals surface area contributed by atoms with E-state index in [0.717, 1.165) is 5.56 Å². The molecule has 0 saturated heterocycles. The van der Waals surface area contributed by atoms with Crippen molar-refractivity contribution in [3.05, 3.63) is 58.1 Å². The van der Waals surface area contributed by atoms with Crippen molar-refractivity contribution in [2.45, 2.75) is 29.6 Å². The fourth-order valence-electron chi connectivity index (χ4n) is 3.30. The van der Waals surface area contributed by atoms with Gasteiger partial charge in [0.2, 0.25) is 0 Å². The number of benzene rings is 2. The lowest BCUT2D eigenvalue weighted by Gasteiger charge is -2.43. The van der Waals surface area contributed by atoms with E-state index in [1.165, 1.54) is 0 Å². The molecule has 1 aliphatic heterocycles. The zero-order valence-electron chi connectivity index (χ0n) is 16.1. The molecule has 0 aromatic heterocycles. The molecule has 29 heavy (non-hydrogen) atoms. The smallest absolute Gasteiger partial charge is 0.341 e. The molecule has 0 radical (unpaired) electrons. The van der Waals surface area contributed by atoms with Gasteiger partial charge in [-0.25, -0.2) is 4.79 Å². The molecule has 0 fully saturated rings. The van der Waals surface area contributed by atoms with Gasteiger partial charge in [-0.3, -0.25) is 9.11 Å². The van der Waals surface area contributed by atoms with Crippen LogP contribution in [0.4, 0.5) is 0 Å². The number of rotatable bonds is 4. The van der Waals surface area contributed by atoms with Gasteiger partial charge in [-0.1, -0.05) is 29.5 Å². The van der Waals surface area contributed by atoms with Crippen molar-refractivity contribution in [2.75, 3.05) is 13.7 Å². The summed E-state index contributed by atoms with van der Waals surface area (Å²) >= 11 is 6.02. The Balaban J connectivity index is 1.99. The molecular weight excluding hydrogens is 416 g/mol. The summed E-state index contributed by atoms with van der Waals surface area (Å²) in [4.78, 5) is 11.2. The molecule has 1 unspecified atom stereocenters. The minimum absolute atomic E-state index is 0.301. The third-order valence-electron chi connectivity index (χ3n) is 4.84. The van der Waals surface area contributed by atoms with Crippen LogP contribution in [0.5, 0.6) is 5.75 Å². The Hall–Kier alpha value is -2.21. The highest BCUT2D eigenvalue weighted by Gasteiger charge is 2.51. The Morgan fingerprint density at radius 3 is 2.59 bits per heavy atom. The summed E-state index contributed by atoms with van der Waals surface area (Å²) in [6.45, 7) is 3.03. The normalized spacial score (nSPS) is 19.6. The van der Waals surface area contributed by atoms with E-state index in [9.17, 15) is 13.9 Å². The molecule has 0 saturated carbocycles. The lowest BCUT2D eigenvalue weighted by atomic mass is 9.98. The lowest BCUT2D eigenvalue weighted by molar-refractivity contribution is -0.139. The van der Waals surface area contributed by atoms with Crippen molar-refractivity contribution >= 4 is 28.2 Å². The third-order valence-corrected chi connectivity index (χ3v) is 7.72. The molecule has 1 heterocycles. The molecule has 8 heteroatoms. The molecule has 3 rings (SSSR count). The van der Waals surface area contributed by atoms with E-state index < -0.39 is 34.0 Å². The van der Waals surface area contributed by atoms with Crippen LogP contribution in [0, 0.1) is 11.8 Å². The second-order valence-electron chi connectivity index (χ2n) is 7.09. The SMILES string of the molecule is COC1c2ccc(C#Cc3cc(Cl)ccc3OCC(=O)O)cc2S(O)(O)C1(C)C. The molecular formula is C21H21ClO6S. The summed E-state index contributed by atoms with van der Waals surface area (Å²) < 4.78 is 31.5. The molecule has 3 N–H and O–H groups in total. The fourth-order valence-corrected chi connectivity index (χ4v) is 5.35. The van der Waals surface area contributed by atoms with Crippen molar-refractivity contribution < 1.29 is 28.5 Å². The van der Waals surface area contributed by atoms with Gasteiger partial charge in [-0.2, -0.15) is 10.6 Å². The highest BCUT2D eigenvalue weighted by Crippen LogP contribution is 2.70. The third kappa shape index (κ3) is 3.95. The van der Waals surface area contributed by atoms with E-state index in [0.29, 0.717) is 26.8 Å². The van der Waals surface area contributed by atoms with Gasteiger partial charge in [0.15, 0.2) is 6.61 Å². The average molecular weight is 437 g/mol. The van der Waals surface area contributed by atoms with Crippen molar-refractivity contribution in [3.63, 3.8) is 0 Å². The summed E-state index contributed by atoms with van der Waals surface area (Å²) in [6, 6.07) is 9.94. The van der Waals surface area contributed by atoms with Crippen LogP contribution in [0.15, 0.2) is 41.3 Å². The Morgan fingerprint density at radius 1 is 1.21 bits per heavy atom. The molecule has 0 spiro atoms. The van der Waals surface area contributed by atoms with Crippen LogP contribution >= 0.6 is 22.2 Å². The number of carboxylic acids is 1. The molecule has 0 bridgehead atoms. The van der Waals surface area contributed by atoms with Crippen molar-refractivity contribution in [1.29, 1.82) is 0 Å². The lowest BCUT2D eigenvalue weighted by Crippen LogP contribution is -2.30. The van der Waals surface area contributed by atoms with Gasteiger partial charge in [-0.05, 0) is 44.2 Å². The van der Waals surface area contributed by atoms with Crippen LogP contribution in [-0.4, -0.2) is 38.6 Å². The average Bonchev–Trinajstić information content (AvgIpc) is 2.80. The van der Waals surface area contributed by atoms with Crippen molar-refractivity contribution in [3.8, 4) is 17.6 Å². The number of aliphatic carboxylic acids is 1. The van der Waals surface area contributed by atoms with Gasteiger partial charge in [0, 0.05) is 23.3 Å². The Kier molecular flexibility index (Phi) is 5.86. The first-order valence-corrected chi connectivity index (χ1v) is 10.6. The summed E-state index contributed by atoms with van der Waals surface area (Å²) in [7, 11) is -1.54. The van der Waals surface area contributed by atoms with Crippen LogP contribution in [0.2, 0.25) is 5.02 Å². The van der Waals surface area contributed by atoms with Crippen LogP contribution in [0.3, 0.4) is 0 Å². The molecule has 6 nitrogen and oxygen atoms in total. The van der Waals surface area contributed by atoms with Crippen LogP contribution in [0.1, 0.15) is 36.6 Å². The second-order valence-corrected chi connectivity index (χ2v) is 10.1. The second kappa shape index (κ2) is 7.90. The molecule has 1 atom stereocenters. The maximum atomic E-state index is 10.8. The number of ether oxygens (including phenoxy) is 2. The number of hydrogen-bond acceptors (Lipinski definition) is 5. The zero-order valence-corrected chi connectivity index (χ0v) is 17.7. The van der Waals surface area contributed by atoms with E-state index in [1.807, 2.05) is 0 Å². The monoisotopic (exact) mass is 436 g/mol. The topological polar surface area (TPSA) is 96.2 Å². The summed E-state index contributed by atoms with van der Waals surface area (Å²) in [5.74, 6) is 5.08. The number of halogens is 1. The molecule has 1 aliphatic rings. The van der Waals surface area contributed by atoms with Crippen molar-refractivity contribution in [1.82, 2.24) is 0 Å². The zero-order chi connectivity index (χ0) is 21.4. The van der Waals surface area contributed by atoms with E-state index in [1.54, 1.807) is 57.4 Å². The maximum absolute atomic E-state index is 10.8. The largest absolute Gasteiger partial charge is 0.481 e. The van der Waals surface area contributed by atoms with Crippen LogP contribution in [0.25, 0.3) is 0 Å². The predicted molar refractivity (Wildman–Crippen MR) is 112 cm³/mol. The standard InChI is InChI=1S/C21H21ClO6S/c1-21(2)20(27-3)16-8-5-13(10-18(16)29(21,25)26)4-6-14-11-15(22)7-9-17(14)28-12-19(23)24/h5,7-11,20,25-26H,12H2,1-3H3,(H,23,24). The van der Waals surface area contributed by atoms with E-state index >= 15 is 0 Å². The van der Waals surface area contributed by atoms with Crippen LogP contribution in [-0.2, 0) is 9.53 Å². The fraction of sp³-hybridized carbons (Fsp3) is 0.286. The quantitative estimate of drug-likeness (QED) is 0.596. The Morgan fingerprint density at radius 2 is 1.93 bits per heavy atom. The number of fused-ring (bicyclic) bond motifs is 1. The van der Waals surface area contributed by atoms with Gasteiger partial charge in [0.05, 0.1) is 15.2 Å². The molecule has 154 valence electrons. The molecule has 0 aliphatic carbocycles. The highest BCUT2D eigenvalue weighted by molar-refractivity contribution is 8.25. The Bertz CT molecular complexity index is 1020. The summed E-state index contributed by atoms with van der Waals surface area (Å²) in [5, 5.41) is 9.24. The summed E-state index contributed by atoms with van der Waals surface area (Å²) in [6.07, 6.45) is -0.437. The van der Waals surface area contributed by atoms with Gasteiger partial charge in [0.25, 0.3) is 0 Å². The first kappa shape index (κ1) is 21.5. The summed E-state index contributed by atoms with van der Waals surface area (Å²) in [5.41, 5.74) is 1.73. The number of carbonyl (C=O) groups is 1. The van der Waals surface area contributed by atoms with Gasteiger partial charge in [0.1, 0.15) is 11.9 Å². The molecule has 2 aromatic carbocycles. The van der Waals surface area contributed by atoms with Gasteiger partial charge in [-0.15, -0.1) is 0 Å². The molecule has 2 aromatic rings. The number of hydrogen-bond donors (Lipinski definition) is 3. The van der Waals surface area contributed by atoms with E-state index in [-0.39, 0.29) is 0 Å². The number of carboxylic acid groups (broad SMARTS) is 1. The van der Waals surface area contributed by atoms with Crippen molar-refractivity contribution in [2.24, 2.45) is 0 Å². The minimum Gasteiger partial charge on any atom is -0.481 e. The first-order valence-electron chi connectivity index (χ1n) is 8.68.